The Morgan fingerprint density at radius 1 is 1.77 bits per heavy atom. The lowest BCUT2D eigenvalue weighted by Gasteiger charge is -2.37. The molecule has 1 N–H and O–H groups in total. The van der Waals surface area contributed by atoms with Crippen LogP contribution in [-0.2, 0) is 4.74 Å². The van der Waals surface area contributed by atoms with E-state index in [9.17, 15) is 4.39 Å². The molecule has 0 bridgehead atoms. The molecule has 1 aliphatic heterocycles. The third-order valence-corrected chi connectivity index (χ3v) is 2.76. The van der Waals surface area contributed by atoms with Crippen molar-refractivity contribution in [1.29, 1.82) is 0 Å². The Labute approximate surface area is 79.2 Å². The molecule has 13 heavy (non-hydrogen) atoms. The molecule has 76 valence electrons. The van der Waals surface area contributed by atoms with Gasteiger partial charge >= 0.3 is 0 Å². The first-order valence-corrected chi connectivity index (χ1v) is 4.70. The maximum absolute atomic E-state index is 14.3. The van der Waals surface area contributed by atoms with Gasteiger partial charge in [-0.2, -0.15) is 0 Å². The average molecular weight is 187 g/mol. The summed E-state index contributed by atoms with van der Waals surface area (Å²) < 4.78 is 19.2. The molecule has 0 spiro atoms. The lowest BCUT2D eigenvalue weighted by molar-refractivity contribution is 0.0925. The molecular formula is C10H18FNO. The molecule has 3 heteroatoms. The van der Waals surface area contributed by atoms with Gasteiger partial charge in [-0.25, -0.2) is 4.39 Å². The maximum Gasteiger partial charge on any atom is 0.148 e. The second-order valence-electron chi connectivity index (χ2n) is 3.68. The molecule has 1 saturated heterocycles. The molecule has 0 aliphatic carbocycles. The van der Waals surface area contributed by atoms with Crippen LogP contribution in [0.25, 0.3) is 0 Å². The van der Waals surface area contributed by atoms with Gasteiger partial charge in [0.25, 0.3) is 0 Å². The highest BCUT2D eigenvalue weighted by Crippen LogP contribution is 2.32. The van der Waals surface area contributed by atoms with Crippen molar-refractivity contribution in [2.45, 2.75) is 31.5 Å². The third kappa shape index (κ3) is 2.09. The van der Waals surface area contributed by atoms with E-state index in [1.54, 1.807) is 7.11 Å². The van der Waals surface area contributed by atoms with Gasteiger partial charge in [-0.15, -0.1) is 0 Å². The van der Waals surface area contributed by atoms with Gasteiger partial charge in [0.05, 0.1) is 6.61 Å². The van der Waals surface area contributed by atoms with Crippen molar-refractivity contribution >= 4 is 0 Å². The Balaban J connectivity index is 2.65. The number of halogens is 1. The molecule has 0 saturated carbocycles. The highest BCUT2D eigenvalue weighted by molar-refractivity contribution is 5.18. The van der Waals surface area contributed by atoms with Crippen molar-refractivity contribution in [1.82, 2.24) is 5.32 Å². The van der Waals surface area contributed by atoms with Crippen LogP contribution >= 0.6 is 0 Å². The Kier molecular flexibility index (Phi) is 3.45. The van der Waals surface area contributed by atoms with Crippen molar-refractivity contribution in [3.63, 3.8) is 0 Å². The van der Waals surface area contributed by atoms with Crippen molar-refractivity contribution in [3.05, 3.63) is 12.2 Å². The summed E-state index contributed by atoms with van der Waals surface area (Å²) in [4.78, 5) is 0. The van der Waals surface area contributed by atoms with Crippen molar-refractivity contribution in [2.24, 2.45) is 0 Å². The van der Waals surface area contributed by atoms with Crippen molar-refractivity contribution < 1.29 is 9.13 Å². The third-order valence-electron chi connectivity index (χ3n) is 2.76. The predicted octanol–water partition coefficient (Wildman–Crippen LogP) is 1.67. The summed E-state index contributed by atoms with van der Waals surface area (Å²) >= 11 is 0. The van der Waals surface area contributed by atoms with Gasteiger partial charge in [-0.05, 0) is 31.9 Å². The van der Waals surface area contributed by atoms with Gasteiger partial charge in [0.1, 0.15) is 5.67 Å². The second kappa shape index (κ2) is 4.20. The minimum absolute atomic E-state index is 0.149. The van der Waals surface area contributed by atoms with Gasteiger partial charge in [-0.1, -0.05) is 6.58 Å². The van der Waals surface area contributed by atoms with Crippen LogP contribution in [0.4, 0.5) is 4.39 Å². The molecular weight excluding hydrogens is 169 g/mol. The molecule has 0 aromatic heterocycles. The van der Waals surface area contributed by atoms with Crippen molar-refractivity contribution in [3.8, 4) is 0 Å². The van der Waals surface area contributed by atoms with Crippen LogP contribution in [0.1, 0.15) is 19.8 Å². The van der Waals surface area contributed by atoms with Gasteiger partial charge in [0, 0.05) is 13.2 Å². The molecule has 2 unspecified atom stereocenters. The fourth-order valence-corrected chi connectivity index (χ4v) is 1.82. The second-order valence-corrected chi connectivity index (χ2v) is 3.68. The number of rotatable bonds is 3. The number of ether oxygens (including phenoxy) is 1. The Hall–Kier alpha value is -0.410. The number of nitrogens with one attached hydrogen (secondary N) is 1. The van der Waals surface area contributed by atoms with E-state index in [-0.39, 0.29) is 6.04 Å². The largest absolute Gasteiger partial charge is 0.380 e. The first-order chi connectivity index (χ1) is 6.11. The van der Waals surface area contributed by atoms with Gasteiger partial charge in [0.15, 0.2) is 0 Å². The molecule has 0 radical (unpaired) electrons. The highest BCUT2D eigenvalue weighted by Gasteiger charge is 2.40. The smallest absolute Gasteiger partial charge is 0.148 e. The maximum atomic E-state index is 14.3. The predicted molar refractivity (Wildman–Crippen MR) is 51.6 cm³/mol. The Morgan fingerprint density at radius 3 is 3.00 bits per heavy atom. The summed E-state index contributed by atoms with van der Waals surface area (Å²) in [6.45, 7) is 6.82. The summed E-state index contributed by atoms with van der Waals surface area (Å²) in [5.74, 6) is 0. The molecule has 2 atom stereocenters. The Bertz CT molecular complexity index is 195. The SMILES string of the molecule is C=C(COC)C1(F)CCCNC1C. The summed E-state index contributed by atoms with van der Waals surface area (Å²) in [7, 11) is 1.56. The summed E-state index contributed by atoms with van der Waals surface area (Å²) in [5.41, 5.74) is -0.733. The number of methoxy groups -OCH3 is 1. The topological polar surface area (TPSA) is 21.3 Å². The van der Waals surface area contributed by atoms with Crippen LogP contribution in [-0.4, -0.2) is 32.0 Å². The van der Waals surface area contributed by atoms with Crippen molar-refractivity contribution in [2.75, 3.05) is 20.3 Å². The molecule has 2 nitrogen and oxygen atoms in total. The fraction of sp³-hybridized carbons (Fsp3) is 0.800. The van der Waals surface area contributed by atoms with E-state index in [0.29, 0.717) is 18.6 Å². The highest BCUT2D eigenvalue weighted by atomic mass is 19.1. The average Bonchev–Trinajstić information content (AvgIpc) is 2.11. The van der Waals surface area contributed by atoms with E-state index in [0.717, 1.165) is 13.0 Å². The number of alkyl halides is 1. The van der Waals surface area contributed by atoms with E-state index in [2.05, 4.69) is 11.9 Å². The number of hydrogen-bond acceptors (Lipinski definition) is 2. The van der Waals surface area contributed by atoms with Crippen LogP contribution in [0.5, 0.6) is 0 Å². The summed E-state index contributed by atoms with van der Waals surface area (Å²) in [5, 5.41) is 3.12. The fourth-order valence-electron chi connectivity index (χ4n) is 1.82. The minimum Gasteiger partial charge on any atom is -0.380 e. The number of piperidine rings is 1. The molecule has 1 heterocycles. The molecule has 1 rings (SSSR count). The minimum atomic E-state index is -1.28. The van der Waals surface area contributed by atoms with E-state index in [1.807, 2.05) is 6.92 Å². The molecule has 1 fully saturated rings. The summed E-state index contributed by atoms with van der Waals surface area (Å²) in [6.07, 6.45) is 1.42. The van der Waals surface area contributed by atoms with Gasteiger partial charge in [0.2, 0.25) is 0 Å². The first kappa shape index (κ1) is 10.7. The monoisotopic (exact) mass is 187 g/mol. The lowest BCUT2D eigenvalue weighted by atomic mass is 9.83. The van der Waals surface area contributed by atoms with E-state index in [1.165, 1.54) is 0 Å². The summed E-state index contributed by atoms with van der Waals surface area (Å²) in [6, 6.07) is -0.149. The lowest BCUT2D eigenvalue weighted by Crippen LogP contribution is -2.51. The van der Waals surface area contributed by atoms with Crippen LogP contribution < -0.4 is 5.32 Å². The quantitative estimate of drug-likeness (QED) is 0.679. The van der Waals surface area contributed by atoms with E-state index >= 15 is 0 Å². The Morgan fingerprint density at radius 2 is 2.46 bits per heavy atom. The molecule has 0 aromatic rings. The standard InChI is InChI=1S/C10H18FNO/c1-8(7-13-3)10(11)5-4-6-12-9(10)2/h9,12H,1,4-7H2,2-3H3. The van der Waals surface area contributed by atoms with Gasteiger partial charge in [-0.3, -0.25) is 0 Å². The molecule has 0 aromatic carbocycles. The molecule has 1 aliphatic rings. The van der Waals surface area contributed by atoms with Crippen LogP contribution in [0, 0.1) is 0 Å². The van der Waals surface area contributed by atoms with Crippen LogP contribution in [0.2, 0.25) is 0 Å². The van der Waals surface area contributed by atoms with Gasteiger partial charge < -0.3 is 10.1 Å². The van der Waals surface area contributed by atoms with Crippen LogP contribution in [0.15, 0.2) is 12.2 Å². The zero-order valence-corrected chi connectivity index (χ0v) is 8.40. The van der Waals surface area contributed by atoms with Crippen LogP contribution in [0.3, 0.4) is 0 Å². The van der Waals surface area contributed by atoms with E-state index < -0.39 is 5.67 Å². The normalized spacial score (nSPS) is 34.5. The molecule has 0 amide bonds. The number of hydrogen-bond donors (Lipinski definition) is 1. The zero-order chi connectivity index (χ0) is 9.90. The first-order valence-electron chi connectivity index (χ1n) is 4.70. The van der Waals surface area contributed by atoms with E-state index in [4.69, 9.17) is 4.74 Å². The zero-order valence-electron chi connectivity index (χ0n) is 8.40.